The zero-order valence-electron chi connectivity index (χ0n) is 11.5. The predicted octanol–water partition coefficient (Wildman–Crippen LogP) is 4.01. The van der Waals surface area contributed by atoms with Crippen molar-refractivity contribution < 1.29 is 9.53 Å². The van der Waals surface area contributed by atoms with Gasteiger partial charge in [0.15, 0.2) is 5.78 Å². The highest BCUT2D eigenvalue weighted by Gasteiger charge is 2.14. The van der Waals surface area contributed by atoms with Gasteiger partial charge in [0.1, 0.15) is 5.75 Å². The van der Waals surface area contributed by atoms with Gasteiger partial charge in [-0.3, -0.25) is 9.78 Å². The third-order valence-corrected chi connectivity index (χ3v) is 4.32. The van der Waals surface area contributed by atoms with Gasteiger partial charge in [0.2, 0.25) is 0 Å². The second kappa shape index (κ2) is 6.83. The van der Waals surface area contributed by atoms with Crippen LogP contribution in [0, 0.1) is 10.5 Å². The Kier molecular flexibility index (Phi) is 5.11. The summed E-state index contributed by atoms with van der Waals surface area (Å²) in [5, 5.41) is 0. The van der Waals surface area contributed by atoms with Crippen LogP contribution in [0.15, 0.2) is 36.7 Å². The first-order valence-electron chi connectivity index (χ1n) is 6.51. The molecule has 0 atom stereocenters. The average Bonchev–Trinajstić information content (AvgIpc) is 2.47. The van der Waals surface area contributed by atoms with Gasteiger partial charge < -0.3 is 4.74 Å². The van der Waals surface area contributed by atoms with Crippen LogP contribution in [0.25, 0.3) is 0 Å². The molecule has 0 aliphatic carbocycles. The first-order chi connectivity index (χ1) is 9.63. The summed E-state index contributed by atoms with van der Waals surface area (Å²) in [5.41, 5.74) is 2.37. The molecule has 20 heavy (non-hydrogen) atoms. The van der Waals surface area contributed by atoms with Gasteiger partial charge in [-0.25, -0.2) is 0 Å². The van der Waals surface area contributed by atoms with Gasteiger partial charge in [-0.05, 0) is 53.6 Å². The SMILES string of the molecule is CCCOc1cncc(C(=O)c2cccc(C)c2I)c1. The maximum absolute atomic E-state index is 12.5. The lowest BCUT2D eigenvalue weighted by atomic mass is 10.0. The summed E-state index contributed by atoms with van der Waals surface area (Å²) in [7, 11) is 0. The Labute approximate surface area is 132 Å². The Hall–Kier alpha value is -1.43. The van der Waals surface area contributed by atoms with Crippen molar-refractivity contribution in [3.05, 3.63) is 56.9 Å². The molecule has 3 nitrogen and oxygen atoms in total. The number of carbonyl (C=O) groups excluding carboxylic acids is 1. The summed E-state index contributed by atoms with van der Waals surface area (Å²) in [4.78, 5) is 16.6. The zero-order valence-corrected chi connectivity index (χ0v) is 13.7. The zero-order chi connectivity index (χ0) is 14.5. The first-order valence-corrected chi connectivity index (χ1v) is 7.59. The van der Waals surface area contributed by atoms with Crippen molar-refractivity contribution >= 4 is 28.4 Å². The average molecular weight is 381 g/mol. The van der Waals surface area contributed by atoms with Crippen LogP contribution in [-0.4, -0.2) is 17.4 Å². The van der Waals surface area contributed by atoms with E-state index < -0.39 is 0 Å². The molecule has 0 fully saturated rings. The number of benzene rings is 1. The number of rotatable bonds is 5. The molecule has 0 aliphatic heterocycles. The van der Waals surface area contributed by atoms with E-state index in [0.717, 1.165) is 15.6 Å². The smallest absolute Gasteiger partial charge is 0.195 e. The summed E-state index contributed by atoms with van der Waals surface area (Å²) in [6.45, 7) is 4.66. The molecule has 0 unspecified atom stereocenters. The molecule has 0 saturated heterocycles. The molecule has 2 aromatic rings. The normalized spacial score (nSPS) is 10.3. The van der Waals surface area contributed by atoms with Crippen molar-refractivity contribution in [2.24, 2.45) is 0 Å². The number of ether oxygens (including phenoxy) is 1. The lowest BCUT2D eigenvalue weighted by Gasteiger charge is -2.08. The minimum absolute atomic E-state index is 0.0208. The third kappa shape index (κ3) is 3.36. The number of hydrogen-bond acceptors (Lipinski definition) is 3. The van der Waals surface area contributed by atoms with E-state index in [1.54, 1.807) is 18.5 Å². The lowest BCUT2D eigenvalue weighted by Crippen LogP contribution is -2.06. The quantitative estimate of drug-likeness (QED) is 0.580. The van der Waals surface area contributed by atoms with Gasteiger partial charge in [-0.1, -0.05) is 19.1 Å². The maximum atomic E-state index is 12.5. The molecule has 0 N–H and O–H groups in total. The minimum Gasteiger partial charge on any atom is -0.492 e. The molecule has 0 spiro atoms. The van der Waals surface area contributed by atoms with Gasteiger partial charge >= 0.3 is 0 Å². The van der Waals surface area contributed by atoms with Gasteiger partial charge in [0, 0.05) is 20.9 Å². The standard InChI is InChI=1S/C16H16INO2/c1-3-7-20-13-8-12(9-18-10-13)16(19)14-6-4-5-11(2)15(14)17/h4-6,8-10H,3,7H2,1-2H3. The van der Waals surface area contributed by atoms with Crippen LogP contribution in [0.4, 0.5) is 0 Å². The topological polar surface area (TPSA) is 39.2 Å². The predicted molar refractivity (Wildman–Crippen MR) is 87.4 cm³/mol. The molecular weight excluding hydrogens is 365 g/mol. The van der Waals surface area contributed by atoms with E-state index >= 15 is 0 Å². The number of nitrogens with zero attached hydrogens (tertiary/aromatic N) is 1. The second-order valence-electron chi connectivity index (χ2n) is 4.52. The molecule has 1 aromatic carbocycles. The Bertz CT molecular complexity index is 626. The van der Waals surface area contributed by atoms with E-state index in [1.165, 1.54) is 0 Å². The van der Waals surface area contributed by atoms with E-state index in [-0.39, 0.29) is 5.78 Å². The largest absolute Gasteiger partial charge is 0.492 e. The maximum Gasteiger partial charge on any atom is 0.195 e. The fraction of sp³-hybridized carbons (Fsp3) is 0.250. The van der Waals surface area contributed by atoms with Gasteiger partial charge in [0.05, 0.1) is 12.8 Å². The Morgan fingerprint density at radius 1 is 1.35 bits per heavy atom. The molecule has 4 heteroatoms. The summed E-state index contributed by atoms with van der Waals surface area (Å²) in [6, 6.07) is 7.49. The summed E-state index contributed by atoms with van der Waals surface area (Å²) < 4.78 is 6.50. The third-order valence-electron chi connectivity index (χ3n) is 2.88. The van der Waals surface area contributed by atoms with E-state index in [1.807, 2.05) is 32.0 Å². The van der Waals surface area contributed by atoms with E-state index in [9.17, 15) is 4.79 Å². The van der Waals surface area contributed by atoms with Crippen molar-refractivity contribution in [1.29, 1.82) is 0 Å². The highest BCUT2D eigenvalue weighted by Crippen LogP contribution is 2.21. The number of aromatic nitrogens is 1. The number of halogens is 1. The van der Waals surface area contributed by atoms with Crippen molar-refractivity contribution in [3.63, 3.8) is 0 Å². The fourth-order valence-corrected chi connectivity index (χ4v) is 2.42. The number of carbonyl (C=O) groups is 1. The number of hydrogen-bond donors (Lipinski definition) is 0. The first kappa shape index (κ1) is 15.0. The fourth-order valence-electron chi connectivity index (χ4n) is 1.82. The van der Waals surface area contributed by atoms with Crippen LogP contribution >= 0.6 is 22.6 Å². The Morgan fingerprint density at radius 2 is 2.15 bits per heavy atom. The van der Waals surface area contributed by atoms with Crippen LogP contribution in [-0.2, 0) is 0 Å². The Balaban J connectivity index is 2.31. The number of aryl methyl sites for hydroxylation is 1. The molecule has 0 amide bonds. The van der Waals surface area contributed by atoms with Gasteiger partial charge in [0.25, 0.3) is 0 Å². The molecule has 0 radical (unpaired) electrons. The molecule has 0 aliphatic rings. The molecule has 0 saturated carbocycles. The van der Waals surface area contributed by atoms with Gasteiger partial charge in [-0.2, -0.15) is 0 Å². The molecule has 1 aromatic heterocycles. The van der Waals surface area contributed by atoms with Gasteiger partial charge in [-0.15, -0.1) is 0 Å². The molecule has 2 rings (SSSR count). The van der Waals surface area contributed by atoms with Crippen molar-refractivity contribution in [1.82, 2.24) is 4.98 Å². The van der Waals surface area contributed by atoms with Crippen LogP contribution in [0.2, 0.25) is 0 Å². The number of ketones is 1. The minimum atomic E-state index is -0.0208. The molecular formula is C16H16INO2. The highest BCUT2D eigenvalue weighted by atomic mass is 127. The van der Waals surface area contributed by atoms with E-state index in [4.69, 9.17) is 4.74 Å². The summed E-state index contributed by atoms with van der Waals surface area (Å²) >= 11 is 2.21. The summed E-state index contributed by atoms with van der Waals surface area (Å²) in [5.74, 6) is 0.618. The molecule has 0 bridgehead atoms. The van der Waals surface area contributed by atoms with Crippen molar-refractivity contribution in [3.8, 4) is 5.75 Å². The van der Waals surface area contributed by atoms with Crippen LogP contribution in [0.3, 0.4) is 0 Å². The van der Waals surface area contributed by atoms with Crippen molar-refractivity contribution in [2.45, 2.75) is 20.3 Å². The lowest BCUT2D eigenvalue weighted by molar-refractivity contribution is 0.103. The second-order valence-corrected chi connectivity index (χ2v) is 5.60. The van der Waals surface area contributed by atoms with Crippen LogP contribution in [0.1, 0.15) is 34.8 Å². The molecule has 1 heterocycles. The van der Waals surface area contributed by atoms with E-state index in [0.29, 0.717) is 23.5 Å². The summed E-state index contributed by atoms with van der Waals surface area (Å²) in [6.07, 6.45) is 4.14. The van der Waals surface area contributed by atoms with E-state index in [2.05, 4.69) is 27.6 Å². The van der Waals surface area contributed by atoms with Crippen LogP contribution < -0.4 is 4.74 Å². The van der Waals surface area contributed by atoms with Crippen molar-refractivity contribution in [2.75, 3.05) is 6.61 Å². The Morgan fingerprint density at radius 3 is 2.90 bits per heavy atom. The number of pyridine rings is 1. The highest BCUT2D eigenvalue weighted by molar-refractivity contribution is 14.1. The molecule has 104 valence electrons. The monoisotopic (exact) mass is 381 g/mol. The van der Waals surface area contributed by atoms with Crippen LogP contribution in [0.5, 0.6) is 5.75 Å².